The highest BCUT2D eigenvalue weighted by atomic mass is 16.6. The molecule has 1 aliphatic carbocycles. The number of carboxylic acids is 1. The lowest BCUT2D eigenvalue weighted by Crippen LogP contribution is -2.47. The molecule has 0 saturated heterocycles. The summed E-state index contributed by atoms with van der Waals surface area (Å²) in [6.45, 7) is 13.3. The molecule has 0 heterocycles. The predicted molar refractivity (Wildman–Crippen MR) is 105 cm³/mol. The van der Waals surface area contributed by atoms with Gasteiger partial charge < -0.3 is 9.84 Å². The third-order valence-electron chi connectivity index (χ3n) is 5.34. The van der Waals surface area contributed by atoms with E-state index >= 15 is 0 Å². The second kappa shape index (κ2) is 9.23. The molecule has 0 aromatic carbocycles. The molecule has 0 bridgehead atoms. The largest absolute Gasteiger partial charge is 0.481 e. The molecule has 152 valence electrons. The molecule has 4 nitrogen and oxygen atoms in total. The fourth-order valence-corrected chi connectivity index (χ4v) is 4.21. The Morgan fingerprint density at radius 3 is 1.92 bits per heavy atom. The van der Waals surface area contributed by atoms with E-state index < -0.39 is 11.6 Å². The van der Waals surface area contributed by atoms with Gasteiger partial charge in [-0.2, -0.15) is 0 Å². The van der Waals surface area contributed by atoms with Crippen LogP contribution in [0.3, 0.4) is 0 Å². The van der Waals surface area contributed by atoms with E-state index in [1.165, 1.54) is 19.3 Å². The Balaban J connectivity index is 3.09. The molecule has 0 amide bonds. The summed E-state index contributed by atoms with van der Waals surface area (Å²) < 4.78 is 6.20. The fourth-order valence-electron chi connectivity index (χ4n) is 4.21. The van der Waals surface area contributed by atoms with E-state index in [-0.39, 0.29) is 29.6 Å². The zero-order valence-corrected chi connectivity index (χ0v) is 17.8. The second-order valence-electron chi connectivity index (χ2n) is 10.6. The molecule has 1 fully saturated rings. The lowest BCUT2D eigenvalue weighted by molar-refractivity contribution is -0.176. The van der Waals surface area contributed by atoms with Crippen LogP contribution in [0.25, 0.3) is 0 Å². The fraction of sp³-hybridized carbons (Fsp3) is 0.909. The molecule has 1 unspecified atom stereocenters. The maximum absolute atomic E-state index is 12.5. The quantitative estimate of drug-likeness (QED) is 0.536. The Kier molecular flexibility index (Phi) is 8.16. The van der Waals surface area contributed by atoms with E-state index in [9.17, 15) is 9.59 Å². The molecular formula is C22H40O4. The molecule has 0 spiro atoms. The smallest absolute Gasteiger partial charge is 0.306 e. The highest BCUT2D eigenvalue weighted by Gasteiger charge is 2.45. The summed E-state index contributed by atoms with van der Waals surface area (Å²) in [5.74, 6) is -0.918. The van der Waals surface area contributed by atoms with Crippen LogP contribution in [0, 0.1) is 16.7 Å². The molecule has 1 aliphatic rings. The average Bonchev–Trinajstić information content (AvgIpc) is 2.49. The van der Waals surface area contributed by atoms with Gasteiger partial charge >= 0.3 is 11.9 Å². The van der Waals surface area contributed by atoms with E-state index in [4.69, 9.17) is 9.84 Å². The molecule has 0 aromatic heterocycles. The highest BCUT2D eigenvalue weighted by Crippen LogP contribution is 2.46. The van der Waals surface area contributed by atoms with E-state index in [0.717, 1.165) is 32.1 Å². The summed E-state index contributed by atoms with van der Waals surface area (Å²) in [6, 6.07) is 0. The van der Waals surface area contributed by atoms with Crippen LogP contribution in [0.1, 0.15) is 106 Å². The second-order valence-corrected chi connectivity index (χ2v) is 10.6. The van der Waals surface area contributed by atoms with Gasteiger partial charge in [-0.1, -0.05) is 60.8 Å². The van der Waals surface area contributed by atoms with E-state index in [1.807, 2.05) is 0 Å². The number of hydrogen-bond acceptors (Lipinski definition) is 3. The number of carbonyl (C=O) groups is 2. The topological polar surface area (TPSA) is 63.6 Å². The third kappa shape index (κ3) is 8.55. The molecule has 1 atom stereocenters. The van der Waals surface area contributed by atoms with E-state index in [2.05, 4.69) is 41.5 Å². The first-order valence-electron chi connectivity index (χ1n) is 10.3. The zero-order chi connectivity index (χ0) is 20.0. The molecule has 0 aliphatic heterocycles. The number of rotatable bonds is 8. The monoisotopic (exact) mass is 368 g/mol. The van der Waals surface area contributed by atoms with Gasteiger partial charge in [-0.3, -0.25) is 9.59 Å². The third-order valence-corrected chi connectivity index (χ3v) is 5.34. The predicted octanol–water partition coefficient (Wildman–Crippen LogP) is 5.98. The molecule has 1 saturated carbocycles. The maximum atomic E-state index is 12.5. The summed E-state index contributed by atoms with van der Waals surface area (Å²) in [5.41, 5.74) is -0.255. The van der Waals surface area contributed by atoms with Gasteiger partial charge in [-0.05, 0) is 48.9 Å². The van der Waals surface area contributed by atoms with Gasteiger partial charge in [-0.15, -0.1) is 0 Å². The summed E-state index contributed by atoms with van der Waals surface area (Å²) in [4.78, 5) is 23.4. The van der Waals surface area contributed by atoms with Crippen LogP contribution >= 0.6 is 0 Å². The van der Waals surface area contributed by atoms with Crippen molar-refractivity contribution in [2.24, 2.45) is 16.7 Å². The number of esters is 1. The van der Waals surface area contributed by atoms with E-state index in [1.54, 1.807) is 0 Å². The Labute approximate surface area is 160 Å². The van der Waals surface area contributed by atoms with Gasteiger partial charge in [0.15, 0.2) is 0 Å². The van der Waals surface area contributed by atoms with Gasteiger partial charge in [0.25, 0.3) is 0 Å². The van der Waals surface area contributed by atoms with Crippen LogP contribution < -0.4 is 0 Å². The highest BCUT2D eigenvalue weighted by molar-refractivity contribution is 5.76. The van der Waals surface area contributed by atoms with Crippen LogP contribution in [-0.4, -0.2) is 22.6 Å². The van der Waals surface area contributed by atoms with Crippen molar-refractivity contribution in [3.8, 4) is 0 Å². The zero-order valence-electron chi connectivity index (χ0n) is 17.8. The normalized spacial score (nSPS) is 19.0. The first kappa shape index (κ1) is 23.0. The van der Waals surface area contributed by atoms with Crippen molar-refractivity contribution in [1.82, 2.24) is 0 Å². The maximum Gasteiger partial charge on any atom is 0.306 e. The molecule has 0 radical (unpaired) electrons. The minimum absolute atomic E-state index is 0.0382. The van der Waals surface area contributed by atoms with Gasteiger partial charge in [-0.25, -0.2) is 0 Å². The first-order valence-corrected chi connectivity index (χ1v) is 10.3. The van der Waals surface area contributed by atoms with Crippen LogP contribution in [0.2, 0.25) is 0 Å². The Bertz CT molecular complexity index is 464. The molecule has 26 heavy (non-hydrogen) atoms. The van der Waals surface area contributed by atoms with Gasteiger partial charge in [0, 0.05) is 0 Å². The SMILES string of the molecule is CC(C)(C)CCC(CC(C)(C)C)(OC(=O)CCC(=O)O)C1CCCCC1. The minimum atomic E-state index is -0.948. The molecule has 4 heteroatoms. The van der Waals surface area contributed by atoms with Crippen molar-refractivity contribution in [1.29, 1.82) is 0 Å². The Morgan fingerprint density at radius 2 is 1.46 bits per heavy atom. The average molecular weight is 369 g/mol. The van der Waals surface area contributed by atoms with Gasteiger partial charge in [0.2, 0.25) is 0 Å². The number of carboxylic acid groups (broad SMARTS) is 1. The van der Waals surface area contributed by atoms with Crippen molar-refractivity contribution >= 4 is 11.9 Å². The van der Waals surface area contributed by atoms with Crippen molar-refractivity contribution in [2.75, 3.05) is 0 Å². The van der Waals surface area contributed by atoms with Gasteiger partial charge in [0.05, 0.1) is 12.8 Å². The first-order chi connectivity index (χ1) is 11.8. The molecule has 1 rings (SSSR count). The summed E-state index contributed by atoms with van der Waals surface area (Å²) in [7, 11) is 0. The van der Waals surface area contributed by atoms with Crippen LogP contribution in [0.5, 0.6) is 0 Å². The van der Waals surface area contributed by atoms with Crippen LogP contribution in [-0.2, 0) is 14.3 Å². The number of ether oxygens (including phenoxy) is 1. The summed E-state index contributed by atoms with van der Waals surface area (Å²) >= 11 is 0. The molecule has 1 N–H and O–H groups in total. The number of aliphatic carboxylic acids is 1. The van der Waals surface area contributed by atoms with Gasteiger partial charge in [0.1, 0.15) is 5.60 Å². The lowest BCUT2D eigenvalue weighted by Gasteiger charge is -2.46. The Hall–Kier alpha value is -1.06. The van der Waals surface area contributed by atoms with Crippen LogP contribution in [0.15, 0.2) is 0 Å². The number of carbonyl (C=O) groups excluding carboxylic acids is 1. The van der Waals surface area contributed by atoms with Crippen molar-refractivity contribution in [2.45, 2.75) is 111 Å². The standard InChI is InChI=1S/C22H40O4/c1-20(2,3)14-15-22(16-21(4,5)6,17-10-8-7-9-11-17)26-19(25)13-12-18(23)24/h17H,7-16H2,1-6H3,(H,23,24). The van der Waals surface area contributed by atoms with Crippen molar-refractivity contribution in [3.05, 3.63) is 0 Å². The lowest BCUT2D eigenvalue weighted by atomic mass is 9.66. The number of hydrogen-bond donors (Lipinski definition) is 1. The Morgan fingerprint density at radius 1 is 0.885 bits per heavy atom. The molecule has 0 aromatic rings. The van der Waals surface area contributed by atoms with Crippen LogP contribution in [0.4, 0.5) is 0 Å². The summed E-state index contributed by atoms with van der Waals surface area (Å²) in [6.07, 6.45) is 8.34. The molecular weight excluding hydrogens is 328 g/mol. The van der Waals surface area contributed by atoms with Crippen molar-refractivity contribution < 1.29 is 19.4 Å². The summed E-state index contributed by atoms with van der Waals surface area (Å²) in [5, 5.41) is 8.90. The van der Waals surface area contributed by atoms with Crippen molar-refractivity contribution in [3.63, 3.8) is 0 Å². The minimum Gasteiger partial charge on any atom is -0.481 e. The van der Waals surface area contributed by atoms with E-state index in [0.29, 0.717) is 5.92 Å².